The standard InChI is InChI=1S/C8H14N2/c1-3-7-4-5-8(6-9)10(7)2/h4-5H,3,6,9H2,1-2H3. The van der Waals surface area contributed by atoms with Gasteiger partial charge in [0.15, 0.2) is 0 Å². The van der Waals surface area contributed by atoms with E-state index in [0.29, 0.717) is 6.54 Å². The average Bonchev–Trinajstić information content (AvgIpc) is 2.30. The summed E-state index contributed by atoms with van der Waals surface area (Å²) in [5.41, 5.74) is 8.05. The Hall–Kier alpha value is -0.760. The molecule has 2 N–H and O–H groups in total. The Kier molecular flexibility index (Phi) is 2.12. The highest BCUT2D eigenvalue weighted by molar-refractivity contribution is 5.15. The number of hydrogen-bond donors (Lipinski definition) is 1. The third-order valence-corrected chi connectivity index (χ3v) is 1.90. The van der Waals surface area contributed by atoms with Crippen LogP contribution >= 0.6 is 0 Å². The molecule has 0 aliphatic carbocycles. The van der Waals surface area contributed by atoms with Crippen LogP contribution in [0.5, 0.6) is 0 Å². The van der Waals surface area contributed by atoms with E-state index in [-0.39, 0.29) is 0 Å². The van der Waals surface area contributed by atoms with Crippen LogP contribution in [0.1, 0.15) is 18.3 Å². The van der Waals surface area contributed by atoms with Gasteiger partial charge >= 0.3 is 0 Å². The van der Waals surface area contributed by atoms with Crippen molar-refractivity contribution < 1.29 is 0 Å². The van der Waals surface area contributed by atoms with E-state index in [2.05, 4.69) is 30.7 Å². The molecule has 1 heterocycles. The number of nitrogens with two attached hydrogens (primary N) is 1. The minimum Gasteiger partial charge on any atom is -0.350 e. The summed E-state index contributed by atoms with van der Waals surface area (Å²) in [6.07, 6.45) is 1.08. The molecule has 0 aliphatic heterocycles. The van der Waals surface area contributed by atoms with Crippen LogP contribution in [0.2, 0.25) is 0 Å². The molecule has 56 valence electrons. The first kappa shape index (κ1) is 7.35. The first-order chi connectivity index (χ1) is 4.79. The van der Waals surface area contributed by atoms with Gasteiger partial charge in [0.2, 0.25) is 0 Å². The van der Waals surface area contributed by atoms with E-state index in [1.165, 1.54) is 11.4 Å². The molecular weight excluding hydrogens is 124 g/mol. The zero-order valence-corrected chi connectivity index (χ0v) is 6.59. The molecule has 10 heavy (non-hydrogen) atoms. The summed E-state index contributed by atoms with van der Waals surface area (Å²) in [6, 6.07) is 4.21. The number of hydrogen-bond acceptors (Lipinski definition) is 1. The van der Waals surface area contributed by atoms with Crippen molar-refractivity contribution in [1.29, 1.82) is 0 Å². The summed E-state index contributed by atoms with van der Waals surface area (Å²) >= 11 is 0. The van der Waals surface area contributed by atoms with Crippen LogP contribution in [0.15, 0.2) is 12.1 Å². The van der Waals surface area contributed by atoms with E-state index >= 15 is 0 Å². The normalized spacial score (nSPS) is 10.3. The highest BCUT2D eigenvalue weighted by Crippen LogP contribution is 2.06. The fraction of sp³-hybridized carbons (Fsp3) is 0.500. The summed E-state index contributed by atoms with van der Waals surface area (Å²) in [5.74, 6) is 0. The van der Waals surface area contributed by atoms with Crippen LogP contribution in [0.4, 0.5) is 0 Å². The number of aromatic nitrogens is 1. The van der Waals surface area contributed by atoms with Crippen LogP contribution in [0.3, 0.4) is 0 Å². The summed E-state index contributed by atoms with van der Waals surface area (Å²) in [4.78, 5) is 0. The lowest BCUT2D eigenvalue weighted by Gasteiger charge is -2.02. The maximum Gasteiger partial charge on any atom is 0.0334 e. The van der Waals surface area contributed by atoms with E-state index in [1.807, 2.05) is 0 Å². The third-order valence-electron chi connectivity index (χ3n) is 1.90. The molecule has 0 bridgehead atoms. The van der Waals surface area contributed by atoms with Crippen LogP contribution in [-0.4, -0.2) is 4.57 Å². The fourth-order valence-electron chi connectivity index (χ4n) is 1.16. The Balaban J connectivity index is 2.97. The fourth-order valence-corrected chi connectivity index (χ4v) is 1.16. The van der Waals surface area contributed by atoms with E-state index in [0.717, 1.165) is 6.42 Å². The lowest BCUT2D eigenvalue weighted by molar-refractivity contribution is 0.772. The van der Waals surface area contributed by atoms with Gasteiger partial charge in [0.1, 0.15) is 0 Å². The molecule has 0 unspecified atom stereocenters. The van der Waals surface area contributed by atoms with E-state index in [9.17, 15) is 0 Å². The molecule has 0 atom stereocenters. The molecule has 0 amide bonds. The zero-order valence-electron chi connectivity index (χ0n) is 6.59. The summed E-state index contributed by atoms with van der Waals surface area (Å²) in [7, 11) is 2.06. The van der Waals surface area contributed by atoms with Crippen molar-refractivity contribution in [3.8, 4) is 0 Å². The molecule has 0 aliphatic rings. The lowest BCUT2D eigenvalue weighted by Crippen LogP contribution is -2.04. The molecule has 0 spiro atoms. The van der Waals surface area contributed by atoms with Crippen molar-refractivity contribution >= 4 is 0 Å². The predicted octanol–water partition coefficient (Wildman–Crippen LogP) is 1.05. The second kappa shape index (κ2) is 2.88. The number of nitrogens with zero attached hydrogens (tertiary/aromatic N) is 1. The van der Waals surface area contributed by atoms with Crippen molar-refractivity contribution in [3.63, 3.8) is 0 Å². The monoisotopic (exact) mass is 138 g/mol. The minimum atomic E-state index is 0.635. The highest BCUT2D eigenvalue weighted by Gasteiger charge is 1.98. The first-order valence-corrected chi connectivity index (χ1v) is 3.63. The van der Waals surface area contributed by atoms with Crippen LogP contribution in [-0.2, 0) is 20.0 Å². The molecule has 2 nitrogen and oxygen atoms in total. The molecule has 1 rings (SSSR count). The third kappa shape index (κ3) is 1.07. The number of aryl methyl sites for hydroxylation is 1. The number of rotatable bonds is 2. The van der Waals surface area contributed by atoms with Crippen LogP contribution in [0, 0.1) is 0 Å². The second-order valence-electron chi connectivity index (χ2n) is 2.43. The van der Waals surface area contributed by atoms with Gasteiger partial charge in [0, 0.05) is 25.0 Å². The van der Waals surface area contributed by atoms with E-state index in [4.69, 9.17) is 5.73 Å². The Morgan fingerprint density at radius 2 is 2.00 bits per heavy atom. The molecule has 1 aromatic heterocycles. The Bertz CT molecular complexity index is 192. The topological polar surface area (TPSA) is 30.9 Å². The summed E-state index contributed by atoms with van der Waals surface area (Å²) < 4.78 is 2.15. The van der Waals surface area contributed by atoms with E-state index in [1.54, 1.807) is 0 Å². The summed E-state index contributed by atoms with van der Waals surface area (Å²) in [5, 5.41) is 0. The first-order valence-electron chi connectivity index (χ1n) is 3.63. The van der Waals surface area contributed by atoms with Crippen molar-refractivity contribution in [2.24, 2.45) is 12.8 Å². The van der Waals surface area contributed by atoms with Gasteiger partial charge in [-0.25, -0.2) is 0 Å². The van der Waals surface area contributed by atoms with Gasteiger partial charge in [-0.3, -0.25) is 0 Å². The average molecular weight is 138 g/mol. The van der Waals surface area contributed by atoms with Gasteiger partial charge in [-0.15, -0.1) is 0 Å². The highest BCUT2D eigenvalue weighted by atomic mass is 15.0. The smallest absolute Gasteiger partial charge is 0.0334 e. The van der Waals surface area contributed by atoms with Gasteiger partial charge in [0.25, 0.3) is 0 Å². The maximum atomic E-state index is 5.50. The minimum absolute atomic E-state index is 0.635. The molecular formula is C8H14N2. The zero-order chi connectivity index (χ0) is 7.56. The lowest BCUT2D eigenvalue weighted by atomic mass is 10.3. The van der Waals surface area contributed by atoms with Crippen molar-refractivity contribution in [2.45, 2.75) is 19.9 Å². The molecule has 0 saturated heterocycles. The van der Waals surface area contributed by atoms with Crippen LogP contribution < -0.4 is 5.73 Å². The SMILES string of the molecule is CCc1ccc(CN)n1C. The van der Waals surface area contributed by atoms with Crippen LogP contribution in [0.25, 0.3) is 0 Å². The molecule has 0 aromatic carbocycles. The largest absolute Gasteiger partial charge is 0.350 e. The van der Waals surface area contributed by atoms with Gasteiger partial charge in [0.05, 0.1) is 0 Å². The van der Waals surface area contributed by atoms with Gasteiger partial charge in [-0.05, 0) is 18.6 Å². The second-order valence-corrected chi connectivity index (χ2v) is 2.43. The van der Waals surface area contributed by atoms with Crippen molar-refractivity contribution in [3.05, 3.63) is 23.5 Å². The van der Waals surface area contributed by atoms with Crippen molar-refractivity contribution in [2.75, 3.05) is 0 Å². The predicted molar refractivity (Wildman–Crippen MR) is 42.7 cm³/mol. The molecule has 0 saturated carbocycles. The molecule has 0 radical (unpaired) electrons. The molecule has 0 fully saturated rings. The van der Waals surface area contributed by atoms with Gasteiger partial charge in [-0.2, -0.15) is 0 Å². The molecule has 2 heteroatoms. The Morgan fingerprint density at radius 1 is 1.40 bits per heavy atom. The molecule has 1 aromatic rings. The summed E-state index contributed by atoms with van der Waals surface area (Å²) in [6.45, 7) is 2.78. The quantitative estimate of drug-likeness (QED) is 0.650. The van der Waals surface area contributed by atoms with E-state index < -0.39 is 0 Å². The van der Waals surface area contributed by atoms with Gasteiger partial charge < -0.3 is 10.3 Å². The van der Waals surface area contributed by atoms with Gasteiger partial charge in [-0.1, -0.05) is 6.92 Å². The maximum absolute atomic E-state index is 5.50. The Morgan fingerprint density at radius 3 is 2.30 bits per heavy atom. The Labute approximate surface area is 61.7 Å². The van der Waals surface area contributed by atoms with Crippen molar-refractivity contribution in [1.82, 2.24) is 4.57 Å².